The maximum atomic E-state index is 12.8. The maximum absolute atomic E-state index is 12.8. The van der Waals surface area contributed by atoms with Crippen molar-refractivity contribution in [3.05, 3.63) is 72.2 Å². The van der Waals surface area contributed by atoms with Gasteiger partial charge in [0, 0.05) is 10.7 Å². The van der Waals surface area contributed by atoms with Crippen LogP contribution in [0.2, 0.25) is 5.02 Å². The van der Waals surface area contributed by atoms with Gasteiger partial charge in [-0.2, -0.15) is 0 Å². The lowest BCUT2D eigenvalue weighted by atomic mass is 10.2. The van der Waals surface area contributed by atoms with Crippen LogP contribution in [0.25, 0.3) is 16.6 Å². The summed E-state index contributed by atoms with van der Waals surface area (Å²) in [6.45, 7) is 1.89. The maximum Gasteiger partial charge on any atom is 0.269 e. The molecule has 2 aromatic heterocycles. The second kappa shape index (κ2) is 6.35. The summed E-state index contributed by atoms with van der Waals surface area (Å²) < 4.78 is 2.20. The minimum atomic E-state index is -0.352. The van der Waals surface area contributed by atoms with E-state index in [1.54, 1.807) is 28.7 Å². The molecule has 0 atom stereocenters. The van der Waals surface area contributed by atoms with E-state index in [0.29, 0.717) is 36.1 Å². The number of anilines is 1. The summed E-state index contributed by atoms with van der Waals surface area (Å²) in [6.07, 6.45) is 0. The number of nitrogens with zero attached hydrogens (tertiary/aromatic N) is 1. The van der Waals surface area contributed by atoms with Crippen molar-refractivity contribution in [2.24, 2.45) is 0 Å². The van der Waals surface area contributed by atoms with E-state index < -0.39 is 0 Å². The van der Waals surface area contributed by atoms with E-state index in [1.807, 2.05) is 25.1 Å². The number of hydrogen-bond donors (Lipinski definition) is 2. The molecule has 8 heteroatoms. The number of para-hydroxylation sites is 1. The standard InChI is InChI=1S/C18H12ClN3O2S2/c1-9-6-7-10(8-12(9)19)20-17(24)14-15-21-16(23)11-4-2-3-5-13(11)22(15)18(25)26-14/h2-8H,1H3,(H,20,24)(H,21,23). The van der Waals surface area contributed by atoms with Crippen molar-refractivity contribution in [1.82, 2.24) is 9.38 Å². The van der Waals surface area contributed by atoms with Gasteiger partial charge in [0.1, 0.15) is 10.5 Å². The number of carbonyl (C=O) groups excluding carboxylic acids is 1. The number of H-pyrrole nitrogens is 1. The fourth-order valence-electron chi connectivity index (χ4n) is 2.75. The van der Waals surface area contributed by atoms with Crippen LogP contribution in [0.5, 0.6) is 0 Å². The minimum absolute atomic E-state index is 0.263. The summed E-state index contributed by atoms with van der Waals surface area (Å²) in [7, 11) is 0. The summed E-state index contributed by atoms with van der Waals surface area (Å²) in [5.74, 6) is -0.352. The third-order valence-electron chi connectivity index (χ3n) is 4.07. The Kier molecular flexibility index (Phi) is 4.14. The smallest absolute Gasteiger partial charge is 0.269 e. The number of rotatable bonds is 2. The molecule has 0 radical (unpaired) electrons. The zero-order valence-corrected chi connectivity index (χ0v) is 15.9. The Morgan fingerprint density at radius 3 is 2.81 bits per heavy atom. The van der Waals surface area contributed by atoms with E-state index in [9.17, 15) is 9.59 Å². The molecular weight excluding hydrogens is 390 g/mol. The largest absolute Gasteiger partial charge is 0.321 e. The van der Waals surface area contributed by atoms with Crippen LogP contribution in [0, 0.1) is 10.9 Å². The second-order valence-corrected chi connectivity index (χ2v) is 7.82. The van der Waals surface area contributed by atoms with Gasteiger partial charge in [0.2, 0.25) is 0 Å². The molecular formula is C18H12ClN3O2S2. The number of benzene rings is 2. The number of nitrogens with one attached hydrogen (secondary N) is 2. The third kappa shape index (κ3) is 2.74. The highest BCUT2D eigenvalue weighted by Gasteiger charge is 2.18. The molecule has 0 aliphatic rings. The predicted molar refractivity (Wildman–Crippen MR) is 108 cm³/mol. The fourth-order valence-corrected chi connectivity index (χ4v) is 4.21. The van der Waals surface area contributed by atoms with Crippen LogP contribution in [0.1, 0.15) is 15.2 Å². The molecule has 0 spiro atoms. The van der Waals surface area contributed by atoms with Crippen LogP contribution >= 0.6 is 35.2 Å². The molecule has 0 saturated heterocycles. The van der Waals surface area contributed by atoms with Crippen molar-refractivity contribution in [2.45, 2.75) is 6.92 Å². The molecule has 4 aromatic rings. The number of hydrogen-bond acceptors (Lipinski definition) is 4. The summed E-state index contributed by atoms with van der Waals surface area (Å²) >= 11 is 12.7. The van der Waals surface area contributed by atoms with Crippen molar-refractivity contribution in [3.8, 4) is 0 Å². The lowest BCUT2D eigenvalue weighted by Gasteiger charge is -2.06. The Morgan fingerprint density at radius 1 is 1.27 bits per heavy atom. The van der Waals surface area contributed by atoms with Crippen LogP contribution in [-0.4, -0.2) is 15.3 Å². The number of aromatic amines is 1. The van der Waals surface area contributed by atoms with Crippen molar-refractivity contribution in [1.29, 1.82) is 0 Å². The van der Waals surface area contributed by atoms with Gasteiger partial charge in [0.15, 0.2) is 3.95 Å². The van der Waals surface area contributed by atoms with Gasteiger partial charge in [-0.15, -0.1) is 0 Å². The van der Waals surface area contributed by atoms with Crippen LogP contribution in [-0.2, 0) is 0 Å². The van der Waals surface area contributed by atoms with E-state index >= 15 is 0 Å². The fraction of sp³-hybridized carbons (Fsp3) is 0.0556. The molecule has 0 bridgehead atoms. The number of amides is 1. The van der Waals surface area contributed by atoms with Crippen LogP contribution in [0.15, 0.2) is 47.3 Å². The Labute approximate surface area is 161 Å². The van der Waals surface area contributed by atoms with Gasteiger partial charge in [0.25, 0.3) is 11.5 Å². The first-order chi connectivity index (χ1) is 12.5. The predicted octanol–water partition coefficient (Wildman–Crippen LogP) is 4.79. The molecule has 130 valence electrons. The third-order valence-corrected chi connectivity index (χ3v) is 5.85. The molecule has 1 amide bonds. The summed E-state index contributed by atoms with van der Waals surface area (Å²) in [6, 6.07) is 12.4. The number of aryl methyl sites for hydroxylation is 1. The summed E-state index contributed by atoms with van der Waals surface area (Å²) in [5, 5.41) is 3.89. The summed E-state index contributed by atoms with van der Waals surface area (Å²) in [4.78, 5) is 28.2. The SMILES string of the molecule is Cc1ccc(NC(=O)c2sc(=S)n3c2[nH]c(=O)c2ccccc23)cc1Cl. The molecule has 5 nitrogen and oxygen atoms in total. The molecule has 4 rings (SSSR count). The molecule has 0 aliphatic heterocycles. The number of fused-ring (bicyclic) bond motifs is 3. The quantitative estimate of drug-likeness (QED) is 0.475. The highest BCUT2D eigenvalue weighted by atomic mass is 35.5. The molecule has 2 heterocycles. The average molecular weight is 402 g/mol. The lowest BCUT2D eigenvalue weighted by Crippen LogP contribution is -2.14. The van der Waals surface area contributed by atoms with Crippen molar-refractivity contribution in [3.63, 3.8) is 0 Å². The number of halogens is 1. The Hall–Kier alpha value is -2.48. The van der Waals surface area contributed by atoms with Crippen LogP contribution in [0.3, 0.4) is 0 Å². The molecule has 0 fully saturated rings. The Balaban J connectivity index is 1.86. The topological polar surface area (TPSA) is 66.4 Å². The van der Waals surface area contributed by atoms with E-state index in [1.165, 1.54) is 0 Å². The van der Waals surface area contributed by atoms with Gasteiger partial charge in [0.05, 0.1) is 10.9 Å². The Bertz CT molecular complexity index is 1300. The van der Waals surface area contributed by atoms with E-state index in [-0.39, 0.29) is 11.5 Å². The van der Waals surface area contributed by atoms with Gasteiger partial charge >= 0.3 is 0 Å². The number of aromatic nitrogens is 2. The van der Waals surface area contributed by atoms with Crippen molar-refractivity contribution in [2.75, 3.05) is 5.32 Å². The van der Waals surface area contributed by atoms with Gasteiger partial charge in [-0.25, -0.2) is 0 Å². The van der Waals surface area contributed by atoms with E-state index in [2.05, 4.69) is 10.3 Å². The first-order valence-corrected chi connectivity index (χ1v) is 9.30. The highest BCUT2D eigenvalue weighted by molar-refractivity contribution is 7.73. The van der Waals surface area contributed by atoms with Crippen molar-refractivity contribution < 1.29 is 4.79 Å². The highest BCUT2D eigenvalue weighted by Crippen LogP contribution is 2.25. The molecule has 2 N–H and O–H groups in total. The zero-order valence-electron chi connectivity index (χ0n) is 13.5. The minimum Gasteiger partial charge on any atom is -0.321 e. The average Bonchev–Trinajstić information content (AvgIpc) is 2.95. The van der Waals surface area contributed by atoms with Gasteiger partial charge < -0.3 is 10.3 Å². The Morgan fingerprint density at radius 2 is 2.04 bits per heavy atom. The van der Waals surface area contributed by atoms with E-state index in [0.717, 1.165) is 16.9 Å². The second-order valence-electron chi connectivity index (χ2n) is 5.77. The van der Waals surface area contributed by atoms with Crippen molar-refractivity contribution >= 4 is 63.3 Å². The monoisotopic (exact) mass is 401 g/mol. The summed E-state index contributed by atoms with van der Waals surface area (Å²) in [5.41, 5.74) is 2.29. The van der Waals surface area contributed by atoms with E-state index in [4.69, 9.17) is 23.8 Å². The first kappa shape index (κ1) is 17.0. The molecule has 0 unspecified atom stereocenters. The molecule has 0 saturated carbocycles. The first-order valence-electron chi connectivity index (χ1n) is 7.70. The molecule has 0 aliphatic carbocycles. The lowest BCUT2D eigenvalue weighted by molar-refractivity contribution is 0.103. The number of carbonyl (C=O) groups is 1. The van der Waals surface area contributed by atoms with Crippen LogP contribution < -0.4 is 10.9 Å². The van der Waals surface area contributed by atoms with Gasteiger partial charge in [-0.1, -0.05) is 41.1 Å². The van der Waals surface area contributed by atoms with Gasteiger partial charge in [-0.3, -0.25) is 14.0 Å². The van der Waals surface area contributed by atoms with Gasteiger partial charge in [-0.05, 0) is 49.0 Å². The molecule has 26 heavy (non-hydrogen) atoms. The number of thiazole rings is 1. The normalized spacial score (nSPS) is 11.2. The molecule has 2 aromatic carbocycles. The zero-order chi connectivity index (χ0) is 18.4. The van der Waals surface area contributed by atoms with Crippen LogP contribution in [0.4, 0.5) is 5.69 Å².